The summed E-state index contributed by atoms with van der Waals surface area (Å²) in [5.74, 6) is 0.140. The Bertz CT molecular complexity index is 358. The lowest BCUT2D eigenvalue weighted by Crippen LogP contribution is -2.31. The predicted octanol–water partition coefficient (Wildman–Crippen LogP) is 2.30. The van der Waals surface area contributed by atoms with Crippen molar-refractivity contribution >= 4 is 5.91 Å². The van der Waals surface area contributed by atoms with Gasteiger partial charge in [0.1, 0.15) is 0 Å². The molecule has 3 nitrogen and oxygen atoms in total. The van der Waals surface area contributed by atoms with Gasteiger partial charge in [0.2, 0.25) is 5.91 Å². The first-order valence-electron chi connectivity index (χ1n) is 6.77. The van der Waals surface area contributed by atoms with Gasteiger partial charge < -0.3 is 10.1 Å². The van der Waals surface area contributed by atoms with Crippen molar-refractivity contribution in [2.45, 2.75) is 38.2 Å². The number of hydrogen-bond donors (Lipinski definition) is 1. The molecular weight excluding hydrogens is 226 g/mol. The molecule has 1 aromatic rings. The van der Waals surface area contributed by atoms with Gasteiger partial charge in [0.25, 0.3) is 0 Å². The Morgan fingerprint density at radius 1 is 1.33 bits per heavy atom. The van der Waals surface area contributed by atoms with E-state index in [-0.39, 0.29) is 12.0 Å². The van der Waals surface area contributed by atoms with Crippen LogP contribution in [0.25, 0.3) is 0 Å². The second kappa shape index (κ2) is 7.17. The zero-order valence-corrected chi connectivity index (χ0v) is 10.7. The van der Waals surface area contributed by atoms with E-state index in [9.17, 15) is 4.79 Å². The van der Waals surface area contributed by atoms with Crippen LogP contribution in [0.15, 0.2) is 30.3 Å². The third-order valence-corrected chi connectivity index (χ3v) is 3.26. The SMILES string of the molecule is O=C(CCCc1ccccc1)NC[C@@H]1CCCO1. The fourth-order valence-corrected chi connectivity index (χ4v) is 2.22. The highest BCUT2D eigenvalue weighted by molar-refractivity contribution is 5.75. The summed E-state index contributed by atoms with van der Waals surface area (Å²) in [5, 5.41) is 2.95. The minimum absolute atomic E-state index is 0.140. The van der Waals surface area contributed by atoms with Crippen molar-refractivity contribution in [1.29, 1.82) is 0 Å². The Morgan fingerprint density at radius 3 is 2.89 bits per heavy atom. The van der Waals surface area contributed by atoms with E-state index in [2.05, 4.69) is 17.4 Å². The zero-order chi connectivity index (χ0) is 12.6. The molecule has 1 amide bonds. The quantitative estimate of drug-likeness (QED) is 0.837. The lowest BCUT2D eigenvalue weighted by atomic mass is 10.1. The molecule has 98 valence electrons. The Labute approximate surface area is 109 Å². The maximum Gasteiger partial charge on any atom is 0.220 e. The van der Waals surface area contributed by atoms with Gasteiger partial charge in [-0.3, -0.25) is 4.79 Å². The van der Waals surface area contributed by atoms with Crippen LogP contribution in [0.4, 0.5) is 0 Å². The summed E-state index contributed by atoms with van der Waals surface area (Å²) >= 11 is 0. The Kier molecular flexibility index (Phi) is 5.21. The average Bonchev–Trinajstić information content (AvgIpc) is 2.91. The molecule has 0 bridgehead atoms. The molecule has 0 unspecified atom stereocenters. The fraction of sp³-hybridized carbons (Fsp3) is 0.533. The number of aryl methyl sites for hydroxylation is 1. The molecule has 2 rings (SSSR count). The number of carbonyl (C=O) groups excluding carboxylic acids is 1. The molecule has 1 fully saturated rings. The van der Waals surface area contributed by atoms with Crippen molar-refractivity contribution in [2.24, 2.45) is 0 Å². The minimum Gasteiger partial charge on any atom is -0.376 e. The number of carbonyl (C=O) groups is 1. The summed E-state index contributed by atoms with van der Waals surface area (Å²) in [4.78, 5) is 11.6. The van der Waals surface area contributed by atoms with Crippen LogP contribution in [0.1, 0.15) is 31.2 Å². The highest BCUT2D eigenvalue weighted by atomic mass is 16.5. The smallest absolute Gasteiger partial charge is 0.220 e. The first-order chi connectivity index (χ1) is 8.84. The number of amides is 1. The van der Waals surface area contributed by atoms with Crippen LogP contribution in [0, 0.1) is 0 Å². The Hall–Kier alpha value is -1.35. The molecule has 1 atom stereocenters. The number of rotatable bonds is 6. The number of benzene rings is 1. The molecule has 18 heavy (non-hydrogen) atoms. The first-order valence-corrected chi connectivity index (χ1v) is 6.77. The molecule has 0 aromatic heterocycles. The maximum atomic E-state index is 11.6. The van der Waals surface area contributed by atoms with Gasteiger partial charge in [0, 0.05) is 19.6 Å². The molecule has 0 spiro atoms. The van der Waals surface area contributed by atoms with E-state index in [4.69, 9.17) is 4.74 Å². The Balaban J connectivity index is 1.57. The van der Waals surface area contributed by atoms with E-state index in [0.717, 1.165) is 32.3 Å². The molecule has 1 heterocycles. The van der Waals surface area contributed by atoms with E-state index in [1.54, 1.807) is 0 Å². The first kappa shape index (κ1) is 13.1. The highest BCUT2D eigenvalue weighted by Gasteiger charge is 2.15. The maximum absolute atomic E-state index is 11.6. The number of nitrogens with one attached hydrogen (secondary N) is 1. The van der Waals surface area contributed by atoms with Crippen molar-refractivity contribution < 1.29 is 9.53 Å². The van der Waals surface area contributed by atoms with Crippen LogP contribution in [-0.2, 0) is 16.0 Å². The van der Waals surface area contributed by atoms with Gasteiger partial charge in [-0.05, 0) is 31.2 Å². The van der Waals surface area contributed by atoms with E-state index in [0.29, 0.717) is 13.0 Å². The lowest BCUT2D eigenvalue weighted by Gasteiger charge is -2.10. The summed E-state index contributed by atoms with van der Waals surface area (Å²) in [6, 6.07) is 10.3. The van der Waals surface area contributed by atoms with Crippen LogP contribution < -0.4 is 5.32 Å². The molecule has 3 heteroatoms. The largest absolute Gasteiger partial charge is 0.376 e. The van der Waals surface area contributed by atoms with Crippen LogP contribution in [0.5, 0.6) is 0 Å². The average molecular weight is 247 g/mol. The number of hydrogen-bond acceptors (Lipinski definition) is 2. The van der Waals surface area contributed by atoms with Crippen LogP contribution in [-0.4, -0.2) is 25.2 Å². The van der Waals surface area contributed by atoms with E-state index >= 15 is 0 Å². The van der Waals surface area contributed by atoms with Gasteiger partial charge in [-0.1, -0.05) is 30.3 Å². The summed E-state index contributed by atoms with van der Waals surface area (Å²) in [7, 11) is 0. The van der Waals surface area contributed by atoms with Gasteiger partial charge >= 0.3 is 0 Å². The topological polar surface area (TPSA) is 38.3 Å². The molecule has 1 saturated heterocycles. The summed E-state index contributed by atoms with van der Waals surface area (Å²) in [5.41, 5.74) is 1.30. The molecule has 1 aromatic carbocycles. The zero-order valence-electron chi connectivity index (χ0n) is 10.7. The number of ether oxygens (including phenoxy) is 1. The monoisotopic (exact) mass is 247 g/mol. The summed E-state index contributed by atoms with van der Waals surface area (Å²) in [6.07, 6.45) is 4.90. The van der Waals surface area contributed by atoms with Crippen LogP contribution in [0.3, 0.4) is 0 Å². The highest BCUT2D eigenvalue weighted by Crippen LogP contribution is 2.10. The van der Waals surface area contributed by atoms with Gasteiger partial charge in [-0.15, -0.1) is 0 Å². The second-order valence-electron chi connectivity index (χ2n) is 4.78. The van der Waals surface area contributed by atoms with E-state index in [1.165, 1.54) is 5.56 Å². The molecule has 0 saturated carbocycles. The Morgan fingerprint density at radius 2 is 2.17 bits per heavy atom. The van der Waals surface area contributed by atoms with Gasteiger partial charge in [-0.2, -0.15) is 0 Å². The van der Waals surface area contributed by atoms with E-state index < -0.39 is 0 Å². The molecule has 1 N–H and O–H groups in total. The van der Waals surface area contributed by atoms with Gasteiger partial charge in [0.15, 0.2) is 0 Å². The predicted molar refractivity (Wildman–Crippen MR) is 71.4 cm³/mol. The molecule has 1 aliphatic rings. The normalized spacial score (nSPS) is 18.8. The molecular formula is C15H21NO2. The van der Waals surface area contributed by atoms with Crippen molar-refractivity contribution in [3.05, 3.63) is 35.9 Å². The second-order valence-corrected chi connectivity index (χ2v) is 4.78. The molecule has 0 aliphatic carbocycles. The third-order valence-electron chi connectivity index (χ3n) is 3.26. The van der Waals surface area contributed by atoms with E-state index in [1.807, 2.05) is 18.2 Å². The van der Waals surface area contributed by atoms with Gasteiger partial charge in [-0.25, -0.2) is 0 Å². The fourth-order valence-electron chi connectivity index (χ4n) is 2.22. The van der Waals surface area contributed by atoms with Crippen molar-refractivity contribution in [2.75, 3.05) is 13.2 Å². The molecule has 0 radical (unpaired) electrons. The lowest BCUT2D eigenvalue weighted by molar-refractivity contribution is -0.121. The van der Waals surface area contributed by atoms with Gasteiger partial charge in [0.05, 0.1) is 6.10 Å². The van der Waals surface area contributed by atoms with Crippen LogP contribution >= 0.6 is 0 Å². The minimum atomic E-state index is 0.140. The summed E-state index contributed by atoms with van der Waals surface area (Å²) < 4.78 is 5.46. The third kappa shape index (κ3) is 4.49. The molecule has 1 aliphatic heterocycles. The van der Waals surface area contributed by atoms with Crippen molar-refractivity contribution in [1.82, 2.24) is 5.32 Å². The summed E-state index contributed by atoms with van der Waals surface area (Å²) in [6.45, 7) is 1.51. The van der Waals surface area contributed by atoms with Crippen molar-refractivity contribution in [3.63, 3.8) is 0 Å². The standard InChI is InChI=1S/C15H21NO2/c17-15(16-12-14-9-5-11-18-14)10-4-8-13-6-2-1-3-7-13/h1-3,6-7,14H,4-5,8-12H2,(H,16,17)/t14-/m0/s1. The van der Waals surface area contributed by atoms with Crippen molar-refractivity contribution in [3.8, 4) is 0 Å². The van der Waals surface area contributed by atoms with Crippen LogP contribution in [0.2, 0.25) is 0 Å².